The molecule has 9 heteroatoms. The number of carbonyl (C=O) groups is 1. The van der Waals surface area contributed by atoms with Crippen molar-refractivity contribution in [3.8, 4) is 17.2 Å². The van der Waals surface area contributed by atoms with Gasteiger partial charge in [-0.2, -0.15) is 0 Å². The number of ether oxygens (including phenoxy) is 2. The zero-order chi connectivity index (χ0) is 28.9. The minimum Gasteiger partial charge on any atom is -0.493 e. The second-order valence-electron chi connectivity index (χ2n) is 11.3. The molecular weight excluding hydrogens is 506 g/mol. The summed E-state index contributed by atoms with van der Waals surface area (Å²) in [5, 5.41) is 13.1. The number of nitrogens with one attached hydrogen (secondary N) is 1. The van der Waals surface area contributed by atoms with Crippen molar-refractivity contribution in [3.63, 3.8) is 0 Å². The zero-order valence-electron chi connectivity index (χ0n) is 24.1. The van der Waals surface area contributed by atoms with Crippen molar-refractivity contribution in [1.82, 2.24) is 19.4 Å². The number of amides is 1. The zero-order valence-corrected chi connectivity index (χ0v) is 24.1. The summed E-state index contributed by atoms with van der Waals surface area (Å²) >= 11 is 0. The van der Waals surface area contributed by atoms with Crippen molar-refractivity contribution in [2.45, 2.75) is 60.0 Å². The van der Waals surface area contributed by atoms with E-state index in [-0.39, 0.29) is 0 Å². The highest BCUT2D eigenvalue weighted by atomic mass is 16.5. The first-order valence-electron chi connectivity index (χ1n) is 13.6. The van der Waals surface area contributed by atoms with Gasteiger partial charge < -0.3 is 29.4 Å². The number of hydrogen-bond donors (Lipinski definition) is 2. The molecule has 0 fully saturated rings. The van der Waals surface area contributed by atoms with E-state index in [1.807, 2.05) is 87.0 Å². The Labute approximate surface area is 235 Å². The highest BCUT2D eigenvalue weighted by Gasteiger charge is 2.26. The molecule has 2 aromatic carbocycles. The molecule has 0 bridgehead atoms. The van der Waals surface area contributed by atoms with Crippen LogP contribution in [0.15, 0.2) is 61.1 Å². The van der Waals surface area contributed by atoms with Gasteiger partial charge in [0.05, 0.1) is 12.1 Å². The standard InChI is InChI=1S/C31H39N5O4/c1-21(2)13-17-39-24-8-7-9-25(19-24)40-27-11-10-23(18-22(27)3)34-29-28-26(32-20-33-29)12-14-35(28)15-16-36(30(37)38)31(4,5)6/h7-12,14,18-21H,13,15-17H2,1-6H3,(H,37,38)(H,32,33,34). The van der Waals surface area contributed by atoms with Crippen LogP contribution >= 0.6 is 0 Å². The molecule has 0 atom stereocenters. The average Bonchev–Trinajstić information content (AvgIpc) is 3.29. The molecule has 9 nitrogen and oxygen atoms in total. The number of aromatic nitrogens is 3. The molecule has 0 aliphatic rings. The Balaban J connectivity index is 1.49. The summed E-state index contributed by atoms with van der Waals surface area (Å²) in [5.74, 6) is 3.49. The van der Waals surface area contributed by atoms with Crippen molar-refractivity contribution >= 4 is 28.6 Å². The first kappa shape index (κ1) is 28.7. The van der Waals surface area contributed by atoms with Crippen LogP contribution in [0.1, 0.15) is 46.6 Å². The van der Waals surface area contributed by atoms with Crippen LogP contribution in [0.4, 0.5) is 16.3 Å². The number of anilines is 2. The van der Waals surface area contributed by atoms with Crippen LogP contribution in [0.25, 0.3) is 11.0 Å². The lowest BCUT2D eigenvalue weighted by atomic mass is 10.1. The summed E-state index contributed by atoms with van der Waals surface area (Å²) in [4.78, 5) is 22.1. The van der Waals surface area contributed by atoms with Crippen molar-refractivity contribution in [3.05, 3.63) is 66.6 Å². The summed E-state index contributed by atoms with van der Waals surface area (Å²) in [6, 6.07) is 15.5. The van der Waals surface area contributed by atoms with E-state index >= 15 is 0 Å². The number of nitrogens with zero attached hydrogens (tertiary/aromatic N) is 4. The van der Waals surface area contributed by atoms with Gasteiger partial charge in [0.1, 0.15) is 29.1 Å². The number of aryl methyl sites for hydroxylation is 1. The highest BCUT2D eigenvalue weighted by molar-refractivity contribution is 5.88. The number of benzene rings is 2. The summed E-state index contributed by atoms with van der Waals surface area (Å²) in [7, 11) is 0. The number of fused-ring (bicyclic) bond motifs is 1. The monoisotopic (exact) mass is 545 g/mol. The maximum atomic E-state index is 11.8. The van der Waals surface area contributed by atoms with Crippen molar-refractivity contribution in [1.29, 1.82) is 0 Å². The molecule has 212 valence electrons. The molecule has 2 aromatic heterocycles. The molecule has 40 heavy (non-hydrogen) atoms. The molecular formula is C31H39N5O4. The molecule has 2 heterocycles. The number of rotatable bonds is 11. The molecule has 0 unspecified atom stereocenters. The lowest BCUT2D eigenvalue weighted by molar-refractivity contribution is 0.0981. The Morgan fingerprint density at radius 2 is 1.88 bits per heavy atom. The topological polar surface area (TPSA) is 102 Å². The smallest absolute Gasteiger partial charge is 0.407 e. The predicted octanol–water partition coefficient (Wildman–Crippen LogP) is 7.48. The van der Waals surface area contributed by atoms with Gasteiger partial charge in [-0.25, -0.2) is 14.8 Å². The maximum absolute atomic E-state index is 11.8. The summed E-state index contributed by atoms with van der Waals surface area (Å²) in [6.45, 7) is 13.5. The number of hydrogen-bond acceptors (Lipinski definition) is 6. The van der Waals surface area contributed by atoms with Crippen molar-refractivity contribution in [2.24, 2.45) is 5.92 Å². The highest BCUT2D eigenvalue weighted by Crippen LogP contribution is 2.31. The first-order chi connectivity index (χ1) is 19.0. The SMILES string of the molecule is Cc1cc(Nc2ncnc3ccn(CCN(C(=O)O)C(C)(C)C)c23)ccc1Oc1cccc(OCCC(C)C)c1. The third-order valence-corrected chi connectivity index (χ3v) is 6.59. The Kier molecular flexibility index (Phi) is 8.82. The Morgan fingerprint density at radius 1 is 1.10 bits per heavy atom. The normalized spacial score (nSPS) is 11.6. The van der Waals surface area contributed by atoms with Crippen LogP contribution in [0, 0.1) is 12.8 Å². The van der Waals surface area contributed by atoms with E-state index in [1.165, 1.54) is 11.2 Å². The van der Waals surface area contributed by atoms with Crippen LogP contribution in [0.5, 0.6) is 17.2 Å². The molecule has 4 rings (SSSR count). The molecule has 0 spiro atoms. The van der Waals surface area contributed by atoms with Gasteiger partial charge in [0.25, 0.3) is 0 Å². The fraction of sp³-hybridized carbons (Fsp3) is 0.387. The third kappa shape index (κ3) is 7.22. The van der Waals surface area contributed by atoms with E-state index in [0.717, 1.165) is 40.2 Å². The van der Waals surface area contributed by atoms with Gasteiger partial charge in [-0.1, -0.05) is 19.9 Å². The summed E-state index contributed by atoms with van der Waals surface area (Å²) < 4.78 is 14.0. The van der Waals surface area contributed by atoms with E-state index in [9.17, 15) is 9.90 Å². The van der Waals surface area contributed by atoms with Crippen molar-refractivity contribution < 1.29 is 19.4 Å². The largest absolute Gasteiger partial charge is 0.493 e. The van der Waals surface area contributed by atoms with E-state index in [0.29, 0.717) is 37.2 Å². The van der Waals surface area contributed by atoms with Crippen LogP contribution in [0.2, 0.25) is 0 Å². The Bertz CT molecular complexity index is 1460. The van der Waals surface area contributed by atoms with Gasteiger partial charge in [0.2, 0.25) is 0 Å². The van der Waals surface area contributed by atoms with Crippen molar-refractivity contribution in [2.75, 3.05) is 18.5 Å². The van der Waals surface area contributed by atoms with Crippen LogP contribution in [-0.4, -0.2) is 49.3 Å². The van der Waals surface area contributed by atoms with Crippen LogP contribution in [-0.2, 0) is 6.54 Å². The van der Waals surface area contributed by atoms with Gasteiger partial charge in [-0.15, -0.1) is 0 Å². The molecule has 0 saturated heterocycles. The quantitative estimate of drug-likeness (QED) is 0.201. The summed E-state index contributed by atoms with van der Waals surface area (Å²) in [5.41, 5.74) is 2.90. The second kappa shape index (κ2) is 12.3. The molecule has 0 radical (unpaired) electrons. The minimum absolute atomic E-state index is 0.339. The van der Waals surface area contributed by atoms with Gasteiger partial charge >= 0.3 is 6.09 Å². The molecule has 0 aliphatic heterocycles. The molecule has 0 aliphatic carbocycles. The van der Waals surface area contributed by atoms with Gasteiger partial charge in [-0.3, -0.25) is 0 Å². The minimum atomic E-state index is -0.943. The van der Waals surface area contributed by atoms with E-state index in [2.05, 4.69) is 29.1 Å². The van der Waals surface area contributed by atoms with Crippen LogP contribution in [0.3, 0.4) is 0 Å². The van der Waals surface area contributed by atoms with Gasteiger partial charge in [-0.05, 0) is 82.0 Å². The fourth-order valence-electron chi connectivity index (χ4n) is 4.38. The van der Waals surface area contributed by atoms with E-state index in [1.54, 1.807) is 0 Å². The second-order valence-corrected chi connectivity index (χ2v) is 11.3. The third-order valence-electron chi connectivity index (χ3n) is 6.59. The van der Waals surface area contributed by atoms with E-state index < -0.39 is 11.6 Å². The predicted molar refractivity (Wildman–Crippen MR) is 158 cm³/mol. The average molecular weight is 546 g/mol. The lowest BCUT2D eigenvalue weighted by Gasteiger charge is -2.33. The molecule has 1 amide bonds. The number of carboxylic acid groups (broad SMARTS) is 1. The molecule has 4 aromatic rings. The fourth-order valence-corrected chi connectivity index (χ4v) is 4.38. The lowest BCUT2D eigenvalue weighted by Crippen LogP contribution is -2.46. The molecule has 0 saturated carbocycles. The maximum Gasteiger partial charge on any atom is 0.407 e. The molecule has 2 N–H and O–H groups in total. The first-order valence-corrected chi connectivity index (χ1v) is 13.6. The van der Waals surface area contributed by atoms with E-state index in [4.69, 9.17) is 9.47 Å². The van der Waals surface area contributed by atoms with Crippen LogP contribution < -0.4 is 14.8 Å². The Morgan fingerprint density at radius 3 is 2.58 bits per heavy atom. The summed E-state index contributed by atoms with van der Waals surface area (Å²) in [6.07, 6.45) is 3.49. The van der Waals surface area contributed by atoms with Gasteiger partial charge in [0, 0.05) is 36.6 Å². The van der Waals surface area contributed by atoms with Gasteiger partial charge in [0.15, 0.2) is 5.82 Å². The Hall–Kier alpha value is -4.27.